The fourth-order valence-corrected chi connectivity index (χ4v) is 2.51. The maximum Gasteiger partial charge on any atom is 0.498 e. The van der Waals surface area contributed by atoms with Crippen LogP contribution in [-0.2, 0) is 16.5 Å². The number of aromatic nitrogens is 2. The highest BCUT2D eigenvalue weighted by Crippen LogP contribution is 2.36. The zero-order valence-corrected chi connectivity index (χ0v) is 14.5. The molecular formula is C10H15BIN3O4S. The lowest BCUT2D eigenvalue weighted by molar-refractivity contribution is 0.00578. The Morgan fingerprint density at radius 2 is 1.60 bits per heavy atom. The fraction of sp³-hybridized carbons (Fsp3) is 0.600. The Bertz CT molecular complexity index is 589. The maximum absolute atomic E-state index is 11.1. The van der Waals surface area contributed by atoms with E-state index in [-0.39, 0.29) is 5.95 Å². The second-order valence-electron chi connectivity index (χ2n) is 5.47. The average molecular weight is 411 g/mol. The van der Waals surface area contributed by atoms with Crippen LogP contribution >= 0.6 is 21.2 Å². The van der Waals surface area contributed by atoms with Gasteiger partial charge in [0.25, 0.3) is 7.19 Å². The first-order chi connectivity index (χ1) is 9.00. The Hall–Kier alpha value is -0.455. The van der Waals surface area contributed by atoms with Crippen LogP contribution in [0.4, 0.5) is 5.95 Å². The Labute approximate surface area is 130 Å². The number of hydrogen-bond acceptors (Lipinski definition) is 6. The molecule has 0 unspecified atom stereocenters. The summed E-state index contributed by atoms with van der Waals surface area (Å²) in [6.45, 7) is 7.80. The molecular weight excluding hydrogens is 396 g/mol. The van der Waals surface area contributed by atoms with E-state index in [2.05, 4.69) is 14.7 Å². The van der Waals surface area contributed by atoms with Crippen molar-refractivity contribution in [1.29, 1.82) is 0 Å². The summed E-state index contributed by atoms with van der Waals surface area (Å²) in [5, 5.41) is 0. The van der Waals surface area contributed by atoms with Crippen molar-refractivity contribution >= 4 is 46.9 Å². The Balaban J connectivity index is 2.16. The zero-order valence-electron chi connectivity index (χ0n) is 11.5. The van der Waals surface area contributed by atoms with E-state index >= 15 is 0 Å². The zero-order chi connectivity index (χ0) is 15.2. The van der Waals surface area contributed by atoms with E-state index in [0.717, 1.165) is 0 Å². The summed E-state index contributed by atoms with van der Waals surface area (Å²) in [6, 6.07) is 0. The van der Waals surface area contributed by atoms with Gasteiger partial charge in [-0.25, -0.2) is 14.7 Å². The molecule has 0 amide bonds. The third kappa shape index (κ3) is 3.41. The lowest BCUT2D eigenvalue weighted by Gasteiger charge is -2.32. The van der Waals surface area contributed by atoms with Crippen LogP contribution in [0.2, 0.25) is 0 Å². The molecule has 0 atom stereocenters. The van der Waals surface area contributed by atoms with Crippen molar-refractivity contribution in [3.63, 3.8) is 0 Å². The van der Waals surface area contributed by atoms with Crippen molar-refractivity contribution in [2.75, 3.05) is 4.72 Å². The largest absolute Gasteiger partial charge is 0.498 e. The normalized spacial score (nSPS) is 20.9. The molecule has 1 fully saturated rings. The summed E-state index contributed by atoms with van der Waals surface area (Å²) >= 11 is 1.27. The van der Waals surface area contributed by atoms with E-state index < -0.39 is 25.5 Å². The first-order valence-electron chi connectivity index (χ1n) is 5.90. The van der Waals surface area contributed by atoms with Gasteiger partial charge in [0, 0.05) is 17.9 Å². The molecule has 0 radical (unpaired) electrons. The van der Waals surface area contributed by atoms with Crippen LogP contribution in [-0.4, -0.2) is 36.7 Å². The second-order valence-corrected chi connectivity index (χ2v) is 10.0. The van der Waals surface area contributed by atoms with Crippen LogP contribution in [0.3, 0.4) is 0 Å². The van der Waals surface area contributed by atoms with Gasteiger partial charge in [-0.2, -0.15) is 8.42 Å². The third-order valence-electron chi connectivity index (χ3n) is 3.41. The van der Waals surface area contributed by atoms with E-state index in [1.807, 2.05) is 27.7 Å². The van der Waals surface area contributed by atoms with Crippen molar-refractivity contribution in [2.45, 2.75) is 38.9 Å². The van der Waals surface area contributed by atoms with Gasteiger partial charge < -0.3 is 9.31 Å². The summed E-state index contributed by atoms with van der Waals surface area (Å²) in [6.07, 6.45) is 2.97. The van der Waals surface area contributed by atoms with Gasteiger partial charge in [0.15, 0.2) is 0 Å². The first-order valence-corrected chi connectivity index (χ1v) is 9.93. The summed E-state index contributed by atoms with van der Waals surface area (Å²) in [4.78, 5) is 7.88. The van der Waals surface area contributed by atoms with E-state index in [1.54, 1.807) is 0 Å². The van der Waals surface area contributed by atoms with Gasteiger partial charge in [0.1, 0.15) is 0 Å². The highest BCUT2D eigenvalue weighted by Gasteiger charge is 2.51. The minimum Gasteiger partial charge on any atom is -0.399 e. The maximum atomic E-state index is 11.1. The van der Waals surface area contributed by atoms with Gasteiger partial charge in [-0.05, 0) is 27.7 Å². The van der Waals surface area contributed by atoms with Gasteiger partial charge in [-0.15, -0.1) is 0 Å². The molecule has 20 heavy (non-hydrogen) atoms. The van der Waals surface area contributed by atoms with Crippen LogP contribution in [0.1, 0.15) is 27.7 Å². The van der Waals surface area contributed by atoms with Gasteiger partial charge in [0.05, 0.1) is 32.4 Å². The van der Waals surface area contributed by atoms with Gasteiger partial charge in [-0.1, -0.05) is 0 Å². The Morgan fingerprint density at radius 1 is 1.15 bits per heavy atom. The lowest BCUT2D eigenvalue weighted by Crippen LogP contribution is -2.41. The minimum absolute atomic E-state index is 0.0136. The van der Waals surface area contributed by atoms with Crippen molar-refractivity contribution < 1.29 is 17.7 Å². The highest BCUT2D eigenvalue weighted by atomic mass is 127. The molecule has 110 valence electrons. The fourth-order valence-electron chi connectivity index (χ4n) is 1.60. The monoisotopic (exact) mass is 411 g/mol. The molecule has 1 aliphatic rings. The van der Waals surface area contributed by atoms with E-state index in [1.165, 1.54) is 33.6 Å². The standard InChI is InChI=1S/C10H15BIN3O4S/c1-9(2)10(3,4)19-11(18-9)7-5-13-8(14-6-7)15-20(12,16)17/h5-6H,1-4H3,(H,13,14,15). The summed E-state index contributed by atoms with van der Waals surface area (Å²) in [7, 11) is -3.98. The summed E-state index contributed by atoms with van der Waals surface area (Å²) in [5.41, 5.74) is -0.250. The van der Waals surface area contributed by atoms with Crippen molar-refractivity contribution in [2.24, 2.45) is 0 Å². The second kappa shape index (κ2) is 5.07. The predicted molar refractivity (Wildman–Crippen MR) is 84.3 cm³/mol. The molecule has 1 N–H and O–H groups in total. The molecule has 10 heteroatoms. The van der Waals surface area contributed by atoms with Crippen LogP contribution < -0.4 is 10.2 Å². The van der Waals surface area contributed by atoms with Crippen LogP contribution in [0, 0.1) is 0 Å². The Morgan fingerprint density at radius 3 is 2.00 bits per heavy atom. The molecule has 1 saturated heterocycles. The first kappa shape index (κ1) is 15.9. The van der Waals surface area contributed by atoms with E-state index in [4.69, 9.17) is 9.31 Å². The van der Waals surface area contributed by atoms with Gasteiger partial charge >= 0.3 is 7.12 Å². The lowest BCUT2D eigenvalue weighted by atomic mass is 9.81. The van der Waals surface area contributed by atoms with Crippen LogP contribution in [0.5, 0.6) is 0 Å². The highest BCUT2D eigenvalue weighted by molar-refractivity contribution is 14.2. The molecule has 0 spiro atoms. The molecule has 0 aromatic carbocycles. The number of anilines is 1. The van der Waals surface area contributed by atoms with Crippen molar-refractivity contribution in [3.05, 3.63) is 12.4 Å². The minimum atomic E-state index is -3.41. The molecule has 0 bridgehead atoms. The van der Waals surface area contributed by atoms with Gasteiger partial charge in [0.2, 0.25) is 5.95 Å². The quantitative estimate of drug-likeness (QED) is 0.451. The number of rotatable bonds is 3. The average Bonchev–Trinajstić information content (AvgIpc) is 2.47. The smallest absolute Gasteiger partial charge is 0.399 e. The molecule has 0 saturated carbocycles. The molecule has 2 rings (SSSR count). The van der Waals surface area contributed by atoms with Crippen molar-refractivity contribution in [3.8, 4) is 0 Å². The molecule has 1 aromatic heterocycles. The third-order valence-corrected chi connectivity index (χ3v) is 4.50. The molecule has 2 heterocycles. The number of hydrogen-bond donors (Lipinski definition) is 1. The summed E-state index contributed by atoms with van der Waals surface area (Å²) < 4.78 is 36.0. The molecule has 0 aliphatic carbocycles. The van der Waals surface area contributed by atoms with Crippen LogP contribution in [0.25, 0.3) is 0 Å². The molecule has 1 aromatic rings. The predicted octanol–water partition coefficient (Wildman–Crippen LogP) is 0.867. The number of halogens is 1. The Kier molecular flexibility index (Phi) is 4.04. The van der Waals surface area contributed by atoms with Crippen molar-refractivity contribution in [1.82, 2.24) is 9.97 Å². The summed E-state index contributed by atoms with van der Waals surface area (Å²) in [5.74, 6) is 0.0136. The SMILES string of the molecule is CC1(C)OB(c2cnc(NS(=O)(=O)I)nc2)OC1(C)C. The van der Waals surface area contributed by atoms with Crippen LogP contribution in [0.15, 0.2) is 12.4 Å². The topological polar surface area (TPSA) is 90.4 Å². The molecule has 1 aliphatic heterocycles. The van der Waals surface area contributed by atoms with Gasteiger partial charge in [-0.3, -0.25) is 0 Å². The number of nitrogens with zero attached hydrogens (tertiary/aromatic N) is 2. The molecule has 7 nitrogen and oxygen atoms in total. The van der Waals surface area contributed by atoms with E-state index in [0.29, 0.717) is 5.46 Å². The van der Waals surface area contributed by atoms with E-state index in [9.17, 15) is 8.42 Å². The number of nitrogens with one attached hydrogen (secondary N) is 1.